The second-order valence-corrected chi connectivity index (χ2v) is 2.92. The van der Waals surface area contributed by atoms with Gasteiger partial charge in [0.25, 0.3) is 0 Å². The number of hydrogen-bond acceptors (Lipinski definition) is 2. The smallest absolute Gasteiger partial charge is 0.0215 e. The van der Waals surface area contributed by atoms with Crippen molar-refractivity contribution in [3.63, 3.8) is 0 Å². The van der Waals surface area contributed by atoms with Crippen molar-refractivity contribution in [2.24, 2.45) is 11.7 Å². The van der Waals surface area contributed by atoms with E-state index in [4.69, 9.17) is 5.73 Å². The summed E-state index contributed by atoms with van der Waals surface area (Å²) in [6.07, 6.45) is 2.66. The number of piperidine rings is 1. The largest absolute Gasteiger partial charge is 0.329 e. The van der Waals surface area contributed by atoms with Crippen LogP contribution in [0.3, 0.4) is 0 Å². The summed E-state index contributed by atoms with van der Waals surface area (Å²) >= 11 is 0. The standard InChI is InChI=1S/C7H16N2/c1-6-3-2-4-9-7(6)5-8/h6-7,9H,2-5,8H2,1H3/t6-,7-/m0/s1. The maximum atomic E-state index is 5.53. The van der Waals surface area contributed by atoms with Crippen LogP contribution in [0.5, 0.6) is 0 Å². The average molecular weight is 128 g/mol. The molecule has 2 atom stereocenters. The highest BCUT2D eigenvalue weighted by Crippen LogP contribution is 2.13. The summed E-state index contributed by atoms with van der Waals surface area (Å²) in [7, 11) is 0. The summed E-state index contributed by atoms with van der Waals surface area (Å²) in [5.41, 5.74) is 5.53. The third-order valence-electron chi connectivity index (χ3n) is 2.18. The molecule has 1 saturated heterocycles. The van der Waals surface area contributed by atoms with Crippen molar-refractivity contribution in [3.8, 4) is 0 Å². The SMILES string of the molecule is C[C@H]1CCCN[C@H]1CN. The van der Waals surface area contributed by atoms with Crippen LogP contribution in [0, 0.1) is 5.92 Å². The molecule has 0 unspecified atom stereocenters. The van der Waals surface area contributed by atoms with Crippen LogP contribution in [0.25, 0.3) is 0 Å². The van der Waals surface area contributed by atoms with E-state index in [1.807, 2.05) is 0 Å². The summed E-state index contributed by atoms with van der Waals surface area (Å²) in [5, 5.41) is 3.39. The van der Waals surface area contributed by atoms with Gasteiger partial charge in [0.2, 0.25) is 0 Å². The minimum absolute atomic E-state index is 0.582. The zero-order chi connectivity index (χ0) is 6.69. The Morgan fingerprint density at radius 3 is 2.89 bits per heavy atom. The maximum absolute atomic E-state index is 5.53. The van der Waals surface area contributed by atoms with Gasteiger partial charge in [-0.05, 0) is 25.3 Å². The van der Waals surface area contributed by atoms with E-state index in [1.54, 1.807) is 0 Å². The van der Waals surface area contributed by atoms with E-state index in [9.17, 15) is 0 Å². The highest BCUT2D eigenvalue weighted by atomic mass is 14.9. The molecule has 0 aromatic rings. The van der Waals surface area contributed by atoms with Gasteiger partial charge in [-0.2, -0.15) is 0 Å². The highest BCUT2D eigenvalue weighted by Gasteiger charge is 2.18. The van der Waals surface area contributed by atoms with Crippen molar-refractivity contribution in [2.75, 3.05) is 13.1 Å². The lowest BCUT2D eigenvalue weighted by Gasteiger charge is -2.28. The van der Waals surface area contributed by atoms with Gasteiger partial charge in [0.15, 0.2) is 0 Å². The number of rotatable bonds is 1. The first kappa shape index (κ1) is 7.03. The van der Waals surface area contributed by atoms with Gasteiger partial charge in [-0.1, -0.05) is 6.92 Å². The molecule has 1 heterocycles. The Labute approximate surface area is 56.8 Å². The second-order valence-electron chi connectivity index (χ2n) is 2.92. The monoisotopic (exact) mass is 128 g/mol. The molecule has 0 saturated carbocycles. The first-order valence-electron chi connectivity index (χ1n) is 3.78. The Morgan fingerprint density at radius 2 is 2.44 bits per heavy atom. The van der Waals surface area contributed by atoms with Crippen LogP contribution < -0.4 is 11.1 Å². The molecule has 3 N–H and O–H groups in total. The van der Waals surface area contributed by atoms with Gasteiger partial charge in [-0.15, -0.1) is 0 Å². The molecule has 2 heteroatoms. The molecule has 1 aliphatic rings. The molecule has 0 amide bonds. The summed E-state index contributed by atoms with van der Waals surface area (Å²) in [4.78, 5) is 0. The van der Waals surface area contributed by atoms with Gasteiger partial charge >= 0.3 is 0 Å². The van der Waals surface area contributed by atoms with Crippen LogP contribution in [0.1, 0.15) is 19.8 Å². The Balaban J connectivity index is 2.30. The predicted molar refractivity (Wildman–Crippen MR) is 39.2 cm³/mol. The lowest BCUT2D eigenvalue weighted by atomic mass is 9.93. The molecule has 0 aromatic heterocycles. The number of hydrogen-bond donors (Lipinski definition) is 2. The molecule has 9 heavy (non-hydrogen) atoms. The van der Waals surface area contributed by atoms with Crippen LogP contribution in [-0.4, -0.2) is 19.1 Å². The lowest BCUT2D eigenvalue weighted by molar-refractivity contribution is 0.306. The third-order valence-corrected chi connectivity index (χ3v) is 2.18. The summed E-state index contributed by atoms with van der Waals surface area (Å²) in [6, 6.07) is 0.582. The van der Waals surface area contributed by atoms with Gasteiger partial charge in [-0.3, -0.25) is 0 Å². The Kier molecular flexibility index (Phi) is 2.49. The van der Waals surface area contributed by atoms with Crippen molar-refractivity contribution in [1.82, 2.24) is 5.32 Å². The van der Waals surface area contributed by atoms with E-state index in [2.05, 4.69) is 12.2 Å². The van der Waals surface area contributed by atoms with E-state index < -0.39 is 0 Å². The molecule has 0 spiro atoms. The third kappa shape index (κ3) is 1.66. The molecule has 54 valence electrons. The van der Waals surface area contributed by atoms with Crippen LogP contribution in [0.15, 0.2) is 0 Å². The van der Waals surface area contributed by atoms with E-state index in [0.717, 1.165) is 19.0 Å². The van der Waals surface area contributed by atoms with E-state index in [1.165, 1.54) is 12.8 Å². The lowest BCUT2D eigenvalue weighted by Crippen LogP contribution is -2.44. The maximum Gasteiger partial charge on any atom is 0.0215 e. The highest BCUT2D eigenvalue weighted by molar-refractivity contribution is 4.78. The van der Waals surface area contributed by atoms with Crippen LogP contribution in [0.4, 0.5) is 0 Å². The van der Waals surface area contributed by atoms with E-state index in [0.29, 0.717) is 6.04 Å². The molecule has 0 radical (unpaired) electrons. The van der Waals surface area contributed by atoms with Crippen molar-refractivity contribution in [3.05, 3.63) is 0 Å². The second kappa shape index (κ2) is 3.18. The van der Waals surface area contributed by atoms with Crippen LogP contribution in [0.2, 0.25) is 0 Å². The molecule has 1 rings (SSSR count). The summed E-state index contributed by atoms with van der Waals surface area (Å²) in [5.74, 6) is 0.781. The first-order valence-corrected chi connectivity index (χ1v) is 3.78. The zero-order valence-corrected chi connectivity index (χ0v) is 6.06. The Hall–Kier alpha value is -0.0800. The Bertz CT molecular complexity index is 83.0. The van der Waals surface area contributed by atoms with Gasteiger partial charge < -0.3 is 11.1 Å². The molecule has 0 aliphatic carbocycles. The van der Waals surface area contributed by atoms with Crippen LogP contribution >= 0.6 is 0 Å². The van der Waals surface area contributed by atoms with Gasteiger partial charge in [0, 0.05) is 12.6 Å². The summed E-state index contributed by atoms with van der Waals surface area (Å²) < 4.78 is 0. The van der Waals surface area contributed by atoms with E-state index in [-0.39, 0.29) is 0 Å². The minimum Gasteiger partial charge on any atom is -0.329 e. The molecule has 0 aromatic carbocycles. The zero-order valence-electron chi connectivity index (χ0n) is 6.06. The van der Waals surface area contributed by atoms with Crippen LogP contribution in [-0.2, 0) is 0 Å². The fourth-order valence-corrected chi connectivity index (χ4v) is 1.43. The summed E-state index contributed by atoms with van der Waals surface area (Å²) in [6.45, 7) is 4.22. The van der Waals surface area contributed by atoms with Crippen molar-refractivity contribution in [1.29, 1.82) is 0 Å². The van der Waals surface area contributed by atoms with Gasteiger partial charge in [0.1, 0.15) is 0 Å². The quantitative estimate of drug-likeness (QED) is 0.534. The normalized spacial score (nSPS) is 36.7. The average Bonchev–Trinajstić information content (AvgIpc) is 1.89. The van der Waals surface area contributed by atoms with Gasteiger partial charge in [0.05, 0.1) is 0 Å². The predicted octanol–water partition coefficient (Wildman–Crippen LogP) is 0.333. The minimum atomic E-state index is 0.582. The van der Waals surface area contributed by atoms with Gasteiger partial charge in [-0.25, -0.2) is 0 Å². The molecular weight excluding hydrogens is 112 g/mol. The first-order chi connectivity index (χ1) is 4.34. The molecule has 1 aliphatic heterocycles. The van der Waals surface area contributed by atoms with Crippen molar-refractivity contribution >= 4 is 0 Å². The molecule has 2 nitrogen and oxygen atoms in total. The van der Waals surface area contributed by atoms with E-state index >= 15 is 0 Å². The molecular formula is C7H16N2. The number of nitrogens with two attached hydrogens (primary N) is 1. The molecule has 0 bridgehead atoms. The van der Waals surface area contributed by atoms with Crippen molar-refractivity contribution < 1.29 is 0 Å². The fourth-order valence-electron chi connectivity index (χ4n) is 1.43. The topological polar surface area (TPSA) is 38.0 Å². The fraction of sp³-hybridized carbons (Fsp3) is 1.00. The molecule has 1 fully saturated rings. The van der Waals surface area contributed by atoms with Crippen molar-refractivity contribution in [2.45, 2.75) is 25.8 Å². The Morgan fingerprint density at radius 1 is 1.67 bits per heavy atom. The number of nitrogens with one attached hydrogen (secondary N) is 1.